The van der Waals surface area contributed by atoms with Crippen LogP contribution in [-0.4, -0.2) is 9.78 Å². The molecule has 0 aliphatic rings. The first-order chi connectivity index (χ1) is 7.28. The van der Waals surface area contributed by atoms with Gasteiger partial charge in [0.15, 0.2) is 0 Å². The number of halogens is 1. The third-order valence-corrected chi connectivity index (χ3v) is 2.03. The summed E-state index contributed by atoms with van der Waals surface area (Å²) in [6, 6.07) is 9.46. The minimum atomic E-state index is 0. The van der Waals surface area contributed by atoms with E-state index < -0.39 is 0 Å². The third-order valence-electron chi connectivity index (χ3n) is 2.03. The zero-order valence-electron chi connectivity index (χ0n) is 8.42. The van der Waals surface area contributed by atoms with Crippen LogP contribution in [0.1, 0.15) is 11.1 Å². The van der Waals surface area contributed by atoms with Gasteiger partial charge in [-0.1, -0.05) is 12.1 Å². The van der Waals surface area contributed by atoms with Gasteiger partial charge in [-0.05, 0) is 17.7 Å². The van der Waals surface area contributed by atoms with Gasteiger partial charge in [-0.15, -0.1) is 9.36 Å². The molecule has 2 aromatic rings. The summed E-state index contributed by atoms with van der Waals surface area (Å²) in [7, 11) is 0. The number of nitrogen functional groups attached to an aromatic ring is 1. The van der Waals surface area contributed by atoms with E-state index >= 15 is 0 Å². The fourth-order valence-electron chi connectivity index (χ4n) is 1.29. The second kappa shape index (κ2) is 5.28. The van der Waals surface area contributed by atoms with Crippen LogP contribution in [0.3, 0.4) is 0 Å². The number of hydrogen-bond acceptors (Lipinski definition) is 3. The highest BCUT2D eigenvalue weighted by Crippen LogP contribution is 2.04. The summed E-state index contributed by atoms with van der Waals surface area (Å²) in [6.45, 7) is 0.649. The maximum absolute atomic E-state index is 8.63. The lowest BCUT2D eigenvalue weighted by atomic mass is 10.1. The summed E-state index contributed by atoms with van der Waals surface area (Å²) < 4.78 is 3.12. The summed E-state index contributed by atoms with van der Waals surface area (Å²) in [5.74, 6) is 5.47. The fraction of sp³-hybridized carbons (Fsp3) is 0.100. The zero-order chi connectivity index (χ0) is 10.7. The molecular formula is C10H10BrN5. The van der Waals surface area contributed by atoms with Gasteiger partial charge in [-0.25, -0.2) is 0 Å². The molecule has 6 heteroatoms. The number of nitriles is 1. The van der Waals surface area contributed by atoms with E-state index in [1.54, 1.807) is 23.1 Å². The van der Waals surface area contributed by atoms with E-state index in [2.05, 4.69) is 11.2 Å². The number of benzene rings is 1. The fourth-order valence-corrected chi connectivity index (χ4v) is 1.29. The van der Waals surface area contributed by atoms with Crippen molar-refractivity contribution in [2.75, 3.05) is 5.84 Å². The lowest BCUT2D eigenvalue weighted by Gasteiger charge is -1.95. The van der Waals surface area contributed by atoms with Crippen molar-refractivity contribution in [3.8, 4) is 6.07 Å². The Morgan fingerprint density at radius 1 is 1.38 bits per heavy atom. The van der Waals surface area contributed by atoms with Crippen molar-refractivity contribution in [2.45, 2.75) is 6.54 Å². The van der Waals surface area contributed by atoms with Crippen LogP contribution in [0.5, 0.6) is 0 Å². The van der Waals surface area contributed by atoms with Crippen LogP contribution >= 0.6 is 0 Å². The van der Waals surface area contributed by atoms with Gasteiger partial charge in [0.05, 0.1) is 11.6 Å². The number of nitrogens with zero attached hydrogens (tertiary/aromatic N) is 4. The molecule has 0 fully saturated rings. The highest BCUT2D eigenvalue weighted by atomic mass is 79.9. The molecule has 0 saturated carbocycles. The van der Waals surface area contributed by atoms with Crippen LogP contribution in [0.25, 0.3) is 0 Å². The quantitative estimate of drug-likeness (QED) is 0.465. The molecule has 0 saturated heterocycles. The minimum absolute atomic E-state index is 0. The molecule has 5 nitrogen and oxygen atoms in total. The smallest absolute Gasteiger partial charge is 0.286 e. The summed E-state index contributed by atoms with van der Waals surface area (Å²) in [4.78, 5) is 0. The number of aromatic nitrogens is 3. The Bertz CT molecular complexity index is 497. The lowest BCUT2D eigenvalue weighted by Crippen LogP contribution is -3.00. The van der Waals surface area contributed by atoms with Crippen LogP contribution in [0, 0.1) is 11.3 Å². The van der Waals surface area contributed by atoms with E-state index in [1.165, 1.54) is 11.0 Å². The third kappa shape index (κ3) is 2.81. The van der Waals surface area contributed by atoms with Crippen LogP contribution < -0.4 is 27.5 Å². The van der Waals surface area contributed by atoms with Crippen LogP contribution in [0.4, 0.5) is 0 Å². The molecule has 0 amide bonds. The highest BCUT2D eigenvalue weighted by Gasteiger charge is 2.04. The Morgan fingerprint density at radius 3 is 2.56 bits per heavy atom. The van der Waals surface area contributed by atoms with Crippen molar-refractivity contribution >= 4 is 0 Å². The average molecular weight is 280 g/mol. The Morgan fingerprint density at radius 2 is 2.06 bits per heavy atom. The van der Waals surface area contributed by atoms with Crippen LogP contribution in [-0.2, 0) is 6.54 Å². The standard InChI is InChI=1S/C10H10N5.BrH/c11-5-9-1-3-10(4-2-9)6-15-8-14(12)7-13-15;/h1-4,7-8H,6,12H2;1H/q+1;/p-1. The van der Waals surface area contributed by atoms with E-state index in [1.807, 2.05) is 12.1 Å². The first-order valence-corrected chi connectivity index (χ1v) is 4.46. The van der Waals surface area contributed by atoms with Crippen molar-refractivity contribution in [1.29, 1.82) is 5.26 Å². The second-order valence-corrected chi connectivity index (χ2v) is 3.20. The average Bonchev–Trinajstić information content (AvgIpc) is 2.65. The summed E-state index contributed by atoms with van der Waals surface area (Å²) in [5, 5.41) is 12.7. The monoisotopic (exact) mass is 279 g/mol. The summed E-state index contributed by atoms with van der Waals surface area (Å²) in [6.07, 6.45) is 3.22. The van der Waals surface area contributed by atoms with E-state index in [-0.39, 0.29) is 17.0 Å². The number of nitrogens with two attached hydrogens (primary N) is 1. The SMILES string of the molecule is N#Cc1ccc(Cn2c[n+](N)cn2)cc1.[Br-]. The highest BCUT2D eigenvalue weighted by molar-refractivity contribution is 5.31. The molecule has 1 aromatic carbocycles. The van der Waals surface area contributed by atoms with Crippen LogP contribution in [0.2, 0.25) is 0 Å². The Balaban J connectivity index is 0.00000128. The normalized spacial score (nSPS) is 9.19. The molecule has 0 spiro atoms. The molecule has 1 aromatic heterocycles. The van der Waals surface area contributed by atoms with Gasteiger partial charge in [0.25, 0.3) is 6.33 Å². The Hall–Kier alpha value is -1.87. The first-order valence-electron chi connectivity index (χ1n) is 4.46. The summed E-state index contributed by atoms with van der Waals surface area (Å²) >= 11 is 0. The number of hydrogen-bond donors (Lipinski definition) is 1. The molecule has 0 bridgehead atoms. The first kappa shape index (κ1) is 12.2. The minimum Gasteiger partial charge on any atom is -1.00 e. The Kier molecular flexibility index (Phi) is 4.03. The molecule has 16 heavy (non-hydrogen) atoms. The maximum Gasteiger partial charge on any atom is 0.286 e. The van der Waals surface area contributed by atoms with Gasteiger partial charge in [0.1, 0.15) is 6.54 Å². The zero-order valence-corrected chi connectivity index (χ0v) is 10.0. The van der Waals surface area contributed by atoms with Crippen molar-refractivity contribution < 1.29 is 21.7 Å². The molecule has 82 valence electrons. The van der Waals surface area contributed by atoms with Gasteiger partial charge < -0.3 is 17.0 Å². The van der Waals surface area contributed by atoms with Crippen molar-refractivity contribution in [3.63, 3.8) is 0 Å². The van der Waals surface area contributed by atoms with Gasteiger partial charge in [-0.3, -0.25) is 5.84 Å². The molecule has 1 heterocycles. The van der Waals surface area contributed by atoms with Crippen molar-refractivity contribution in [2.24, 2.45) is 0 Å². The molecular weight excluding hydrogens is 270 g/mol. The molecule has 0 aliphatic carbocycles. The molecule has 0 radical (unpaired) electrons. The lowest BCUT2D eigenvalue weighted by molar-refractivity contribution is -0.639. The van der Waals surface area contributed by atoms with E-state index in [4.69, 9.17) is 11.1 Å². The molecule has 0 atom stereocenters. The molecule has 2 rings (SSSR count). The second-order valence-electron chi connectivity index (χ2n) is 3.20. The summed E-state index contributed by atoms with van der Waals surface area (Å²) in [5.41, 5.74) is 1.74. The molecule has 0 unspecified atom stereocenters. The molecule has 2 N–H and O–H groups in total. The largest absolute Gasteiger partial charge is 1.00 e. The van der Waals surface area contributed by atoms with E-state index in [9.17, 15) is 0 Å². The predicted octanol–water partition coefficient (Wildman–Crippen LogP) is -3.19. The molecule has 0 aliphatic heterocycles. The Labute approximate surface area is 103 Å². The maximum atomic E-state index is 8.63. The van der Waals surface area contributed by atoms with Crippen molar-refractivity contribution in [1.82, 2.24) is 9.78 Å². The van der Waals surface area contributed by atoms with Gasteiger partial charge in [0, 0.05) is 5.10 Å². The van der Waals surface area contributed by atoms with E-state index in [0.717, 1.165) is 5.56 Å². The van der Waals surface area contributed by atoms with Crippen LogP contribution in [0.15, 0.2) is 36.9 Å². The van der Waals surface area contributed by atoms with E-state index in [0.29, 0.717) is 12.1 Å². The van der Waals surface area contributed by atoms with Crippen molar-refractivity contribution in [3.05, 3.63) is 48.0 Å². The van der Waals surface area contributed by atoms with Gasteiger partial charge in [-0.2, -0.15) is 5.26 Å². The topological polar surface area (TPSA) is 71.5 Å². The predicted molar refractivity (Wildman–Crippen MR) is 52.8 cm³/mol. The van der Waals surface area contributed by atoms with Gasteiger partial charge >= 0.3 is 0 Å². The number of rotatable bonds is 2. The van der Waals surface area contributed by atoms with Gasteiger partial charge in [0.2, 0.25) is 6.33 Å².